The summed E-state index contributed by atoms with van der Waals surface area (Å²) in [5.41, 5.74) is 3.28. The molecule has 2 aliphatic rings. The minimum Gasteiger partial charge on any atom is -0.291 e. The van der Waals surface area contributed by atoms with Crippen LogP contribution in [0.3, 0.4) is 0 Å². The first kappa shape index (κ1) is 26.2. The third-order valence-corrected chi connectivity index (χ3v) is 10.00. The Bertz CT molecular complexity index is 1760. The molecular formula is C29H29FN6O3S. The number of carbonyl (C=O) groups is 1. The summed E-state index contributed by atoms with van der Waals surface area (Å²) in [6.45, 7) is 5.65. The normalized spacial score (nSPS) is 20.6. The van der Waals surface area contributed by atoms with Gasteiger partial charge in [-0.3, -0.25) is 9.78 Å². The fourth-order valence-corrected chi connectivity index (χ4v) is 7.50. The molecule has 0 saturated heterocycles. The zero-order valence-electron chi connectivity index (χ0n) is 22.5. The Morgan fingerprint density at radius 2 is 1.90 bits per heavy atom. The van der Waals surface area contributed by atoms with E-state index in [-0.39, 0.29) is 35.5 Å². The predicted molar refractivity (Wildman–Crippen MR) is 146 cm³/mol. The van der Waals surface area contributed by atoms with E-state index < -0.39 is 20.5 Å². The molecular weight excluding hydrogens is 531 g/mol. The van der Waals surface area contributed by atoms with Gasteiger partial charge in [-0.2, -0.15) is 15.0 Å². The van der Waals surface area contributed by atoms with Crippen molar-refractivity contribution in [3.8, 4) is 5.69 Å². The zero-order chi connectivity index (χ0) is 28.2. The number of allylic oxidation sites excluding steroid dienone is 1. The van der Waals surface area contributed by atoms with Gasteiger partial charge in [-0.25, -0.2) is 17.5 Å². The van der Waals surface area contributed by atoms with Crippen LogP contribution in [0.4, 0.5) is 4.39 Å². The molecule has 6 rings (SSSR count). The highest BCUT2D eigenvalue weighted by atomic mass is 32.2. The van der Waals surface area contributed by atoms with Crippen molar-refractivity contribution >= 4 is 21.7 Å². The van der Waals surface area contributed by atoms with Gasteiger partial charge in [0.25, 0.3) is 0 Å². The van der Waals surface area contributed by atoms with Gasteiger partial charge in [0.15, 0.2) is 10.8 Å². The van der Waals surface area contributed by atoms with Crippen LogP contribution in [0.1, 0.15) is 66.5 Å². The standard InChI is InChI=1S/C29H29FN6O3S/c1-18(2)36-33-17-27(34-36)40(38,39)24-9-4-21-13-26-20(16-32-35(26)23-7-5-22(30)6-8-23)14-29(21,15-24)28(37)25-12-19(3)10-11-31-25/h5-8,10-13,16-18,24H,4,9,14-15H2,1-3H3/t24-,29-/m0/s1. The van der Waals surface area contributed by atoms with Crippen molar-refractivity contribution in [3.63, 3.8) is 0 Å². The first-order chi connectivity index (χ1) is 19.1. The summed E-state index contributed by atoms with van der Waals surface area (Å²) >= 11 is 0. The van der Waals surface area contributed by atoms with Crippen molar-refractivity contribution < 1.29 is 17.6 Å². The van der Waals surface area contributed by atoms with E-state index in [9.17, 15) is 17.6 Å². The lowest BCUT2D eigenvalue weighted by atomic mass is 9.61. The van der Waals surface area contributed by atoms with Crippen LogP contribution in [0.15, 0.2) is 65.6 Å². The van der Waals surface area contributed by atoms with Gasteiger partial charge in [-0.05, 0) is 100 Å². The number of pyridine rings is 1. The van der Waals surface area contributed by atoms with Crippen molar-refractivity contribution in [1.29, 1.82) is 0 Å². The van der Waals surface area contributed by atoms with Crippen LogP contribution in [0, 0.1) is 18.2 Å². The van der Waals surface area contributed by atoms with Gasteiger partial charge in [0.1, 0.15) is 11.5 Å². The Balaban J connectivity index is 1.44. The number of fused-ring (bicyclic) bond motifs is 2. The molecule has 0 N–H and O–H groups in total. The maximum atomic E-state index is 14.3. The summed E-state index contributed by atoms with van der Waals surface area (Å²) in [6.07, 6.45) is 7.71. The highest BCUT2D eigenvalue weighted by molar-refractivity contribution is 7.92. The molecule has 11 heteroatoms. The third kappa shape index (κ3) is 4.28. The molecule has 0 unspecified atom stereocenters. The second-order valence-electron chi connectivity index (χ2n) is 10.9. The number of Topliss-reactive ketones (excluding diaryl/α,β-unsaturated/α-hetero) is 1. The molecule has 206 valence electrons. The van der Waals surface area contributed by atoms with E-state index in [1.165, 1.54) is 23.1 Å². The van der Waals surface area contributed by atoms with E-state index in [0.29, 0.717) is 24.2 Å². The average molecular weight is 561 g/mol. The molecule has 2 atom stereocenters. The van der Waals surface area contributed by atoms with Gasteiger partial charge in [0.2, 0.25) is 9.84 Å². The lowest BCUT2D eigenvalue weighted by molar-refractivity contribution is 0.0796. The fraction of sp³-hybridized carbons (Fsp3) is 0.345. The predicted octanol–water partition coefficient (Wildman–Crippen LogP) is 4.72. The van der Waals surface area contributed by atoms with Crippen molar-refractivity contribution in [2.45, 2.75) is 62.8 Å². The number of sulfone groups is 1. The van der Waals surface area contributed by atoms with E-state index in [4.69, 9.17) is 0 Å². The minimum atomic E-state index is -3.86. The zero-order valence-corrected chi connectivity index (χ0v) is 23.3. The minimum absolute atomic E-state index is 0.0736. The summed E-state index contributed by atoms with van der Waals surface area (Å²) in [6, 6.07) is 9.54. The van der Waals surface area contributed by atoms with Gasteiger partial charge < -0.3 is 0 Å². The monoisotopic (exact) mass is 560 g/mol. The van der Waals surface area contributed by atoms with Gasteiger partial charge in [0, 0.05) is 6.20 Å². The molecule has 3 heterocycles. The number of aromatic nitrogens is 6. The van der Waals surface area contributed by atoms with E-state index in [2.05, 4.69) is 20.3 Å². The summed E-state index contributed by atoms with van der Waals surface area (Å²) < 4.78 is 42.9. The first-order valence-electron chi connectivity index (χ1n) is 13.3. The molecule has 1 aromatic carbocycles. The molecule has 1 fully saturated rings. The number of hydrogen-bond donors (Lipinski definition) is 0. The summed E-state index contributed by atoms with van der Waals surface area (Å²) in [7, 11) is -3.86. The molecule has 0 aliphatic heterocycles. The smallest absolute Gasteiger partial charge is 0.201 e. The molecule has 1 saturated carbocycles. The molecule has 0 radical (unpaired) electrons. The van der Waals surface area contributed by atoms with Gasteiger partial charge in [-0.1, -0.05) is 5.57 Å². The second kappa shape index (κ2) is 9.58. The number of nitrogens with zero attached hydrogens (tertiary/aromatic N) is 6. The number of aryl methyl sites for hydroxylation is 1. The maximum Gasteiger partial charge on any atom is 0.201 e. The van der Waals surface area contributed by atoms with Gasteiger partial charge in [0.05, 0.1) is 40.5 Å². The van der Waals surface area contributed by atoms with Crippen LogP contribution in [0.5, 0.6) is 0 Å². The fourth-order valence-electron chi connectivity index (χ4n) is 5.83. The molecule has 4 aromatic rings. The second-order valence-corrected chi connectivity index (χ2v) is 13.1. The van der Waals surface area contributed by atoms with Gasteiger partial charge in [-0.15, -0.1) is 5.10 Å². The molecule has 0 spiro atoms. The third-order valence-electron chi connectivity index (χ3n) is 7.95. The summed E-state index contributed by atoms with van der Waals surface area (Å²) in [5, 5.41) is 12.0. The van der Waals surface area contributed by atoms with E-state index in [1.54, 1.807) is 35.3 Å². The molecule has 3 aromatic heterocycles. The molecule has 0 bridgehead atoms. The Hall–Kier alpha value is -3.99. The quantitative estimate of drug-likeness (QED) is 0.314. The average Bonchev–Trinajstić information content (AvgIpc) is 3.60. The number of hydrogen-bond acceptors (Lipinski definition) is 7. The largest absolute Gasteiger partial charge is 0.291 e. The number of halogens is 1. The Labute approximate surface area is 231 Å². The van der Waals surface area contributed by atoms with Crippen molar-refractivity contribution in [1.82, 2.24) is 29.8 Å². The number of carbonyl (C=O) groups excluding carboxylic acids is 1. The SMILES string of the molecule is Cc1ccnc(C(=O)[C@]23Cc4cnn(-c5ccc(F)cc5)c4C=C2CC[C@H](S(=O)(=O)c2cnn(C(C)C)n2)C3)c1. The van der Waals surface area contributed by atoms with Crippen LogP contribution >= 0.6 is 0 Å². The van der Waals surface area contributed by atoms with Crippen LogP contribution in [-0.2, 0) is 16.3 Å². The number of rotatable bonds is 6. The van der Waals surface area contributed by atoms with Crippen molar-refractivity contribution in [2.75, 3.05) is 0 Å². The highest BCUT2D eigenvalue weighted by Crippen LogP contribution is 2.51. The maximum absolute atomic E-state index is 14.3. The molecule has 40 heavy (non-hydrogen) atoms. The number of benzene rings is 1. The lowest BCUT2D eigenvalue weighted by Gasteiger charge is -2.43. The first-order valence-corrected chi connectivity index (χ1v) is 14.8. The van der Waals surface area contributed by atoms with Crippen LogP contribution < -0.4 is 0 Å². The van der Waals surface area contributed by atoms with Crippen molar-refractivity contribution in [3.05, 3.63) is 88.9 Å². The Morgan fingerprint density at radius 1 is 1.12 bits per heavy atom. The molecule has 9 nitrogen and oxygen atoms in total. The number of ketones is 1. The lowest BCUT2D eigenvalue weighted by Crippen LogP contribution is -2.46. The van der Waals surface area contributed by atoms with E-state index in [0.717, 1.165) is 22.4 Å². The van der Waals surface area contributed by atoms with E-state index in [1.807, 2.05) is 32.9 Å². The van der Waals surface area contributed by atoms with Gasteiger partial charge >= 0.3 is 0 Å². The molecule has 2 aliphatic carbocycles. The summed E-state index contributed by atoms with van der Waals surface area (Å²) in [4.78, 5) is 20.1. The van der Waals surface area contributed by atoms with E-state index >= 15 is 0 Å². The topological polar surface area (TPSA) is 113 Å². The Kier molecular flexibility index (Phi) is 6.29. The van der Waals surface area contributed by atoms with Crippen molar-refractivity contribution in [2.24, 2.45) is 5.41 Å². The van der Waals surface area contributed by atoms with Crippen LogP contribution in [-0.4, -0.2) is 49.2 Å². The molecule has 0 amide bonds. The highest BCUT2D eigenvalue weighted by Gasteiger charge is 2.52. The Morgan fingerprint density at radius 3 is 2.60 bits per heavy atom. The van der Waals surface area contributed by atoms with Crippen LogP contribution in [0.2, 0.25) is 0 Å². The van der Waals surface area contributed by atoms with Crippen LogP contribution in [0.25, 0.3) is 11.8 Å². The summed E-state index contributed by atoms with van der Waals surface area (Å²) in [5.74, 6) is -0.542.